The third-order valence-corrected chi connectivity index (χ3v) is 2.24. The number of hydrogen-bond donors (Lipinski definition) is 1. The number of cyclic esters (lactones) is 1. The molecule has 16 heavy (non-hydrogen) atoms. The van der Waals surface area contributed by atoms with E-state index in [-0.39, 0.29) is 12.3 Å². The molecule has 88 valence electrons. The standard InChI is InChI=1S/C8H8F3N3O2/c1-14-5(4-3-16-7(15)12-4)2-6(13-14)8(9,10)11/h2,4H,3H2,1H3,(H,12,15). The number of alkyl carbamates (subject to hydrolysis) is 1. The summed E-state index contributed by atoms with van der Waals surface area (Å²) in [5, 5.41) is 5.72. The molecule has 5 nitrogen and oxygen atoms in total. The third kappa shape index (κ3) is 1.82. The zero-order valence-corrected chi connectivity index (χ0v) is 8.21. The second-order valence-corrected chi connectivity index (χ2v) is 3.37. The molecule has 2 rings (SSSR count). The first kappa shape index (κ1) is 10.8. The molecule has 1 aromatic rings. The minimum atomic E-state index is -4.49. The second kappa shape index (κ2) is 3.39. The number of halogens is 3. The number of hydrogen-bond acceptors (Lipinski definition) is 3. The molecule has 1 fully saturated rings. The van der Waals surface area contributed by atoms with Gasteiger partial charge in [-0.15, -0.1) is 0 Å². The highest BCUT2D eigenvalue weighted by Gasteiger charge is 2.36. The molecule has 1 aromatic heterocycles. The number of aromatic nitrogens is 2. The number of carbonyl (C=O) groups excluding carboxylic acids is 1. The second-order valence-electron chi connectivity index (χ2n) is 3.37. The van der Waals surface area contributed by atoms with Crippen LogP contribution in [0.5, 0.6) is 0 Å². The van der Waals surface area contributed by atoms with E-state index in [9.17, 15) is 18.0 Å². The Morgan fingerprint density at radius 1 is 1.62 bits per heavy atom. The van der Waals surface area contributed by atoms with Crippen molar-refractivity contribution in [3.8, 4) is 0 Å². The topological polar surface area (TPSA) is 56.2 Å². The van der Waals surface area contributed by atoms with Crippen LogP contribution in [0.1, 0.15) is 17.4 Å². The number of nitrogens with one attached hydrogen (secondary N) is 1. The number of ether oxygens (including phenoxy) is 1. The first-order valence-electron chi connectivity index (χ1n) is 4.42. The van der Waals surface area contributed by atoms with Crippen molar-refractivity contribution in [2.75, 3.05) is 6.61 Å². The zero-order chi connectivity index (χ0) is 11.9. The molecule has 1 unspecified atom stereocenters. The minimum Gasteiger partial charge on any atom is -0.447 e. The van der Waals surface area contributed by atoms with E-state index in [0.717, 1.165) is 10.7 Å². The summed E-state index contributed by atoms with van der Waals surface area (Å²) in [4.78, 5) is 10.8. The fraction of sp³-hybridized carbons (Fsp3) is 0.500. The van der Waals surface area contributed by atoms with Crippen LogP contribution in [0.3, 0.4) is 0 Å². The number of carbonyl (C=O) groups is 1. The Balaban J connectivity index is 2.29. The molecule has 1 aliphatic heterocycles. The Morgan fingerprint density at radius 3 is 2.75 bits per heavy atom. The Labute approximate surface area is 88.2 Å². The van der Waals surface area contributed by atoms with Crippen LogP contribution in [-0.2, 0) is 18.0 Å². The lowest BCUT2D eigenvalue weighted by atomic mass is 10.2. The average Bonchev–Trinajstić information content (AvgIpc) is 2.70. The highest BCUT2D eigenvalue weighted by molar-refractivity contribution is 5.69. The predicted molar refractivity (Wildman–Crippen MR) is 45.4 cm³/mol. The van der Waals surface area contributed by atoms with Crippen LogP contribution in [-0.4, -0.2) is 22.5 Å². The molecule has 1 saturated heterocycles. The van der Waals surface area contributed by atoms with Crippen molar-refractivity contribution in [2.45, 2.75) is 12.2 Å². The Morgan fingerprint density at radius 2 is 2.31 bits per heavy atom. The summed E-state index contributed by atoms with van der Waals surface area (Å²) in [6, 6.07) is 0.320. The van der Waals surface area contributed by atoms with E-state index in [1.165, 1.54) is 7.05 Å². The fourth-order valence-electron chi connectivity index (χ4n) is 1.49. The van der Waals surface area contributed by atoms with Crippen molar-refractivity contribution in [3.05, 3.63) is 17.5 Å². The third-order valence-electron chi connectivity index (χ3n) is 2.24. The van der Waals surface area contributed by atoms with Crippen LogP contribution in [0, 0.1) is 0 Å². The molecule has 0 saturated carbocycles. The van der Waals surface area contributed by atoms with Gasteiger partial charge in [-0.05, 0) is 6.07 Å². The monoisotopic (exact) mass is 235 g/mol. The molecule has 1 aliphatic rings. The lowest BCUT2D eigenvalue weighted by Gasteiger charge is -2.06. The van der Waals surface area contributed by atoms with Crippen molar-refractivity contribution in [3.63, 3.8) is 0 Å². The predicted octanol–water partition coefficient (Wildman–Crippen LogP) is 1.22. The summed E-state index contributed by atoms with van der Waals surface area (Å²) in [6.45, 7) is 0.00959. The molecule has 1 amide bonds. The van der Waals surface area contributed by atoms with Crippen molar-refractivity contribution < 1.29 is 22.7 Å². The molecular formula is C8H8F3N3O2. The van der Waals surface area contributed by atoms with Crippen molar-refractivity contribution in [1.82, 2.24) is 15.1 Å². The molecule has 0 aliphatic carbocycles. The van der Waals surface area contributed by atoms with E-state index in [1.807, 2.05) is 0 Å². The molecule has 0 aromatic carbocycles. The van der Waals surface area contributed by atoms with Crippen LogP contribution >= 0.6 is 0 Å². The number of amides is 1. The van der Waals surface area contributed by atoms with E-state index >= 15 is 0 Å². The normalized spacial score (nSPS) is 20.8. The van der Waals surface area contributed by atoms with E-state index < -0.39 is 24.0 Å². The number of alkyl halides is 3. The summed E-state index contributed by atoms with van der Waals surface area (Å²) < 4.78 is 42.7. The summed E-state index contributed by atoms with van der Waals surface area (Å²) in [7, 11) is 1.38. The maximum atomic E-state index is 12.4. The largest absolute Gasteiger partial charge is 0.447 e. The number of rotatable bonds is 1. The van der Waals surface area contributed by atoms with Crippen LogP contribution in [0.2, 0.25) is 0 Å². The van der Waals surface area contributed by atoms with Gasteiger partial charge in [0.15, 0.2) is 5.69 Å². The van der Waals surface area contributed by atoms with E-state index in [4.69, 9.17) is 0 Å². The van der Waals surface area contributed by atoms with Crippen LogP contribution < -0.4 is 5.32 Å². The highest BCUT2D eigenvalue weighted by Crippen LogP contribution is 2.30. The summed E-state index contributed by atoms with van der Waals surface area (Å²) in [5.41, 5.74) is -0.718. The lowest BCUT2D eigenvalue weighted by molar-refractivity contribution is -0.141. The van der Waals surface area contributed by atoms with Gasteiger partial charge in [-0.3, -0.25) is 4.68 Å². The molecule has 1 N–H and O–H groups in total. The van der Waals surface area contributed by atoms with Gasteiger partial charge in [0, 0.05) is 7.05 Å². The van der Waals surface area contributed by atoms with Gasteiger partial charge < -0.3 is 10.1 Å². The molecule has 8 heteroatoms. The SMILES string of the molecule is Cn1nc(C(F)(F)F)cc1C1COC(=O)N1. The van der Waals surface area contributed by atoms with Gasteiger partial charge >= 0.3 is 12.3 Å². The summed E-state index contributed by atoms with van der Waals surface area (Å²) in [6.07, 6.45) is -5.13. The zero-order valence-electron chi connectivity index (χ0n) is 8.21. The van der Waals surface area contributed by atoms with Gasteiger partial charge in [0.2, 0.25) is 0 Å². The average molecular weight is 235 g/mol. The smallest absolute Gasteiger partial charge is 0.435 e. The first-order valence-corrected chi connectivity index (χ1v) is 4.42. The lowest BCUT2D eigenvalue weighted by Crippen LogP contribution is -2.20. The van der Waals surface area contributed by atoms with Crippen LogP contribution in [0.15, 0.2) is 6.07 Å². The minimum absolute atomic E-state index is 0.00959. The van der Waals surface area contributed by atoms with Gasteiger partial charge in [0.05, 0.1) is 5.69 Å². The summed E-state index contributed by atoms with van der Waals surface area (Å²) in [5.74, 6) is 0. The summed E-state index contributed by atoms with van der Waals surface area (Å²) >= 11 is 0. The van der Waals surface area contributed by atoms with Gasteiger partial charge in [-0.1, -0.05) is 0 Å². The number of aryl methyl sites for hydroxylation is 1. The Kier molecular flexibility index (Phi) is 2.28. The van der Waals surface area contributed by atoms with E-state index in [1.54, 1.807) is 0 Å². The maximum absolute atomic E-state index is 12.4. The molecule has 0 radical (unpaired) electrons. The molecular weight excluding hydrogens is 227 g/mol. The first-order chi connectivity index (χ1) is 7.38. The van der Waals surface area contributed by atoms with E-state index in [2.05, 4.69) is 15.2 Å². The highest BCUT2D eigenvalue weighted by atomic mass is 19.4. The van der Waals surface area contributed by atoms with Crippen LogP contribution in [0.25, 0.3) is 0 Å². The Hall–Kier alpha value is -1.73. The van der Waals surface area contributed by atoms with Crippen molar-refractivity contribution in [1.29, 1.82) is 0 Å². The molecule has 2 heterocycles. The molecule has 1 atom stereocenters. The molecule has 0 spiro atoms. The van der Waals surface area contributed by atoms with Gasteiger partial charge in [0.1, 0.15) is 12.6 Å². The maximum Gasteiger partial charge on any atom is 0.435 e. The van der Waals surface area contributed by atoms with Crippen LogP contribution in [0.4, 0.5) is 18.0 Å². The van der Waals surface area contributed by atoms with Gasteiger partial charge in [0.25, 0.3) is 0 Å². The molecule has 0 bridgehead atoms. The van der Waals surface area contributed by atoms with Crippen molar-refractivity contribution >= 4 is 6.09 Å². The number of nitrogens with zero attached hydrogens (tertiary/aromatic N) is 2. The quantitative estimate of drug-likeness (QED) is 0.796. The fourth-order valence-corrected chi connectivity index (χ4v) is 1.49. The van der Waals surface area contributed by atoms with E-state index in [0.29, 0.717) is 0 Å². The van der Waals surface area contributed by atoms with Gasteiger partial charge in [-0.25, -0.2) is 4.79 Å². The van der Waals surface area contributed by atoms with Gasteiger partial charge in [-0.2, -0.15) is 18.3 Å². The Bertz CT molecular complexity index is 427. The van der Waals surface area contributed by atoms with Crippen molar-refractivity contribution in [2.24, 2.45) is 7.05 Å².